The molecule has 0 aliphatic carbocycles. The molecule has 8 atom stereocenters. The van der Waals surface area contributed by atoms with Crippen molar-refractivity contribution in [1.82, 2.24) is 31.9 Å². The van der Waals surface area contributed by atoms with Crippen LogP contribution in [-0.2, 0) is 59.2 Å². The smallest absolute Gasteiger partial charge is 0.326 e. The summed E-state index contributed by atoms with van der Waals surface area (Å²) in [5.74, 6) is -12.7. The Bertz CT molecular complexity index is 1780. The Morgan fingerprint density at radius 1 is 0.548 bits per heavy atom. The van der Waals surface area contributed by atoms with Crippen molar-refractivity contribution in [2.45, 2.75) is 128 Å². The van der Waals surface area contributed by atoms with Gasteiger partial charge >= 0.3 is 11.9 Å². The van der Waals surface area contributed by atoms with Crippen molar-refractivity contribution in [3.63, 3.8) is 0 Å². The maximum Gasteiger partial charge on any atom is 0.326 e. The normalized spacial score (nSPS) is 14.8. The number of aliphatic carboxylic acids is 2. The van der Waals surface area contributed by atoms with Crippen LogP contribution in [-0.4, -0.2) is 118 Å². The largest absolute Gasteiger partial charge is 0.481 e. The first kappa shape index (κ1) is 53.4. The Morgan fingerprint density at radius 2 is 0.968 bits per heavy atom. The van der Waals surface area contributed by atoms with Gasteiger partial charge in [-0.05, 0) is 36.7 Å². The third-order valence-electron chi connectivity index (χ3n) is 9.47. The second kappa shape index (κ2) is 26.5. The van der Waals surface area contributed by atoms with Crippen LogP contribution in [0.25, 0.3) is 0 Å². The molecule has 0 spiro atoms. The van der Waals surface area contributed by atoms with E-state index in [-0.39, 0.29) is 24.7 Å². The lowest BCUT2D eigenvalue weighted by Crippen LogP contribution is -2.60. The van der Waals surface area contributed by atoms with Crippen LogP contribution in [0.2, 0.25) is 0 Å². The molecular weight excluding hydrogens is 816 g/mol. The lowest BCUT2D eigenvalue weighted by molar-refractivity contribution is -0.144. The van der Waals surface area contributed by atoms with Gasteiger partial charge in [0.25, 0.3) is 0 Å². The Balaban J connectivity index is 3.45. The quantitative estimate of drug-likeness (QED) is 0.0372. The fraction of sp³-hybridized carbons (Fsp3) is 0.564. The number of hydrogen-bond donors (Lipinski definition) is 12. The van der Waals surface area contributed by atoms with Crippen LogP contribution in [0.1, 0.15) is 84.6 Å². The Hall–Kier alpha value is -6.65. The van der Waals surface area contributed by atoms with E-state index in [1.54, 1.807) is 51.1 Å². The molecule has 62 heavy (non-hydrogen) atoms. The molecule has 9 amide bonds. The first-order valence-corrected chi connectivity index (χ1v) is 19.9. The van der Waals surface area contributed by atoms with E-state index in [1.165, 1.54) is 0 Å². The summed E-state index contributed by atoms with van der Waals surface area (Å²) in [4.78, 5) is 140. The van der Waals surface area contributed by atoms with Crippen molar-refractivity contribution in [3.8, 4) is 0 Å². The van der Waals surface area contributed by atoms with Gasteiger partial charge in [-0.25, -0.2) is 4.79 Å². The third kappa shape index (κ3) is 20.1. The summed E-state index contributed by atoms with van der Waals surface area (Å²) in [5.41, 5.74) is 22.4. The van der Waals surface area contributed by atoms with Crippen LogP contribution in [0.3, 0.4) is 0 Å². The zero-order chi connectivity index (χ0) is 47.3. The van der Waals surface area contributed by atoms with Crippen LogP contribution in [0.15, 0.2) is 30.3 Å². The SMILES string of the molecule is CC[C@H](C)[C@H](N)C(=O)N[C@@H](Cc1ccccc1)C(=O)N[C@@H](CCC(=O)O)C(=O)N[C@@H](CC(N)=O)C(=O)N[C@@H](CC(C)C)C(=O)N[C@@H](CCC(N)=O)C(=O)N[C@@H](CC(N)=O)C(=O)O. The average molecular weight is 877 g/mol. The molecule has 0 radical (unpaired) electrons. The lowest BCUT2D eigenvalue weighted by Gasteiger charge is -2.28. The third-order valence-corrected chi connectivity index (χ3v) is 9.47. The molecule has 0 saturated carbocycles. The summed E-state index contributed by atoms with van der Waals surface area (Å²) in [5, 5.41) is 32.9. The molecule has 0 aliphatic heterocycles. The number of benzene rings is 1. The Morgan fingerprint density at radius 3 is 1.44 bits per heavy atom. The average Bonchev–Trinajstić information content (AvgIpc) is 3.18. The number of hydrogen-bond acceptors (Lipinski definition) is 12. The number of carboxylic acid groups (broad SMARTS) is 2. The highest BCUT2D eigenvalue weighted by molar-refractivity contribution is 5.99. The molecule has 0 bridgehead atoms. The van der Waals surface area contributed by atoms with Gasteiger partial charge in [-0.15, -0.1) is 0 Å². The summed E-state index contributed by atoms with van der Waals surface area (Å²) in [6.07, 6.45) is -3.39. The second-order valence-electron chi connectivity index (χ2n) is 15.2. The Labute approximate surface area is 357 Å². The molecule has 0 fully saturated rings. The van der Waals surface area contributed by atoms with Crippen molar-refractivity contribution in [3.05, 3.63) is 35.9 Å². The van der Waals surface area contributed by atoms with Gasteiger partial charge in [0, 0.05) is 19.3 Å². The molecule has 0 saturated heterocycles. The minimum atomic E-state index is -1.82. The number of carbonyl (C=O) groups excluding carboxylic acids is 9. The molecule has 0 aromatic heterocycles. The van der Waals surface area contributed by atoms with E-state index in [0.717, 1.165) is 0 Å². The molecule has 23 heteroatoms. The van der Waals surface area contributed by atoms with Crippen molar-refractivity contribution >= 4 is 65.1 Å². The molecule has 1 aromatic carbocycles. The molecular formula is C39H60N10O13. The number of primary amides is 3. The number of carboxylic acids is 2. The van der Waals surface area contributed by atoms with Crippen molar-refractivity contribution in [1.29, 1.82) is 0 Å². The maximum atomic E-state index is 13.8. The van der Waals surface area contributed by atoms with E-state index in [0.29, 0.717) is 12.0 Å². The van der Waals surface area contributed by atoms with Crippen LogP contribution in [0, 0.1) is 11.8 Å². The van der Waals surface area contributed by atoms with E-state index < -0.39 is 146 Å². The molecule has 0 heterocycles. The number of amides is 9. The lowest BCUT2D eigenvalue weighted by atomic mass is 9.98. The van der Waals surface area contributed by atoms with Crippen molar-refractivity contribution < 1.29 is 63.0 Å². The van der Waals surface area contributed by atoms with Gasteiger partial charge in [-0.3, -0.25) is 47.9 Å². The molecule has 16 N–H and O–H groups in total. The molecule has 344 valence electrons. The monoisotopic (exact) mass is 876 g/mol. The zero-order valence-electron chi connectivity index (χ0n) is 35.1. The van der Waals surface area contributed by atoms with Crippen LogP contribution < -0.4 is 54.8 Å². The summed E-state index contributed by atoms with van der Waals surface area (Å²) in [6, 6.07) is -2.23. The second-order valence-corrected chi connectivity index (χ2v) is 15.2. The van der Waals surface area contributed by atoms with Crippen molar-refractivity contribution in [2.24, 2.45) is 34.8 Å². The highest BCUT2D eigenvalue weighted by atomic mass is 16.4. The van der Waals surface area contributed by atoms with Gasteiger partial charge in [0.2, 0.25) is 53.2 Å². The van der Waals surface area contributed by atoms with Crippen LogP contribution in [0.5, 0.6) is 0 Å². The number of nitrogens with two attached hydrogens (primary N) is 4. The Kier molecular flexibility index (Phi) is 22.8. The maximum absolute atomic E-state index is 13.8. The summed E-state index contributed by atoms with van der Waals surface area (Å²) in [7, 11) is 0. The van der Waals surface area contributed by atoms with Crippen molar-refractivity contribution in [2.75, 3.05) is 0 Å². The standard InChI is InChI=1S/C39H60N10O13/c1-5-20(4)32(43)38(60)48-25(16-21-9-7-6-8-10-21)36(58)45-23(12-14-31(53)54)33(55)47-26(17-29(41)51)37(59)46-24(15-19(2)3)35(57)44-22(11-13-28(40)50)34(56)49-27(39(61)62)18-30(42)52/h6-10,19-20,22-27,32H,5,11-18,43H2,1-4H3,(H2,40,50)(H2,41,51)(H2,42,52)(H,44,57)(H,45,58)(H,46,59)(H,47,55)(H,48,60)(H,49,56)(H,53,54)(H,61,62)/t20-,22-,23-,24-,25-,26-,27-,32-/m0/s1. The zero-order valence-corrected chi connectivity index (χ0v) is 35.1. The van der Waals surface area contributed by atoms with E-state index in [9.17, 15) is 63.0 Å². The molecule has 0 unspecified atom stereocenters. The topological polar surface area (TPSA) is 404 Å². The van der Waals surface area contributed by atoms with Gasteiger partial charge in [-0.2, -0.15) is 0 Å². The minimum Gasteiger partial charge on any atom is -0.481 e. The molecule has 1 aromatic rings. The van der Waals surface area contributed by atoms with E-state index in [1.807, 2.05) is 6.92 Å². The summed E-state index contributed by atoms with van der Waals surface area (Å²) < 4.78 is 0. The summed E-state index contributed by atoms with van der Waals surface area (Å²) >= 11 is 0. The van der Waals surface area contributed by atoms with E-state index in [4.69, 9.17) is 22.9 Å². The molecule has 0 aliphatic rings. The predicted octanol–water partition coefficient (Wildman–Crippen LogP) is -3.48. The first-order chi connectivity index (χ1) is 28.9. The summed E-state index contributed by atoms with van der Waals surface area (Å²) in [6.45, 7) is 6.89. The fourth-order valence-corrected chi connectivity index (χ4v) is 5.81. The predicted molar refractivity (Wildman–Crippen MR) is 219 cm³/mol. The molecule has 1 rings (SSSR count). The van der Waals surface area contributed by atoms with E-state index >= 15 is 0 Å². The number of nitrogens with one attached hydrogen (secondary N) is 6. The van der Waals surface area contributed by atoms with Gasteiger partial charge in [0.1, 0.15) is 36.3 Å². The fourth-order valence-electron chi connectivity index (χ4n) is 5.81. The minimum absolute atomic E-state index is 0.0660. The van der Waals surface area contributed by atoms with Gasteiger partial charge in [-0.1, -0.05) is 64.4 Å². The van der Waals surface area contributed by atoms with Gasteiger partial charge < -0.3 is 65.0 Å². The van der Waals surface area contributed by atoms with E-state index in [2.05, 4.69) is 31.9 Å². The van der Waals surface area contributed by atoms with Crippen LogP contribution >= 0.6 is 0 Å². The van der Waals surface area contributed by atoms with Gasteiger partial charge in [0.15, 0.2) is 0 Å². The highest BCUT2D eigenvalue weighted by Crippen LogP contribution is 2.11. The number of carbonyl (C=O) groups is 11. The first-order valence-electron chi connectivity index (χ1n) is 19.9. The van der Waals surface area contributed by atoms with Gasteiger partial charge in [0.05, 0.1) is 18.9 Å². The highest BCUT2D eigenvalue weighted by Gasteiger charge is 2.35. The molecule has 23 nitrogen and oxygen atoms in total. The van der Waals surface area contributed by atoms with Crippen LogP contribution in [0.4, 0.5) is 0 Å². The number of rotatable bonds is 29.